The van der Waals surface area contributed by atoms with Gasteiger partial charge in [0, 0.05) is 6.42 Å². The minimum absolute atomic E-state index is 0.0612. The van der Waals surface area contributed by atoms with E-state index in [0.29, 0.717) is 10.8 Å². The normalized spacial score (nSPS) is 10.7. The molecule has 22 heavy (non-hydrogen) atoms. The first-order valence-electron chi connectivity index (χ1n) is 6.73. The first kappa shape index (κ1) is 16.0. The smallest absolute Gasteiger partial charge is 0.299 e. The number of amides is 1. The van der Waals surface area contributed by atoms with E-state index < -0.39 is 4.92 Å². The second-order valence-corrected chi connectivity index (χ2v) is 5.80. The molecule has 1 N–H and O–H groups in total. The van der Waals surface area contributed by atoms with Crippen molar-refractivity contribution in [3.63, 3.8) is 0 Å². The van der Waals surface area contributed by atoms with Gasteiger partial charge in [-0.15, -0.1) is 10.2 Å². The fourth-order valence-corrected chi connectivity index (χ4v) is 2.88. The Morgan fingerprint density at radius 3 is 2.73 bits per heavy atom. The van der Waals surface area contributed by atoms with Crippen LogP contribution in [0, 0.1) is 24.0 Å². The lowest BCUT2D eigenvalue weighted by Crippen LogP contribution is -2.20. The Kier molecular flexibility index (Phi) is 4.81. The Labute approximate surface area is 130 Å². The number of nitrogens with zero attached hydrogens (tertiary/aromatic N) is 5. The largest absolute Gasteiger partial charge is 0.312 e. The van der Waals surface area contributed by atoms with Gasteiger partial charge in [0.15, 0.2) is 0 Å². The summed E-state index contributed by atoms with van der Waals surface area (Å²) in [6.45, 7) is 5.04. The number of hydrogen-bond acceptors (Lipinski definition) is 7. The van der Waals surface area contributed by atoms with Crippen LogP contribution in [-0.4, -0.2) is 30.8 Å². The fraction of sp³-hybridized carbons (Fsp3) is 0.500. The van der Waals surface area contributed by atoms with Crippen LogP contribution < -0.4 is 5.32 Å². The van der Waals surface area contributed by atoms with E-state index >= 15 is 0 Å². The Morgan fingerprint density at radius 2 is 2.14 bits per heavy atom. The van der Waals surface area contributed by atoms with E-state index in [-0.39, 0.29) is 23.8 Å². The van der Waals surface area contributed by atoms with Gasteiger partial charge in [0.05, 0.1) is 4.92 Å². The van der Waals surface area contributed by atoms with Crippen LogP contribution in [0.25, 0.3) is 0 Å². The molecule has 9 nitrogen and oxygen atoms in total. The highest BCUT2D eigenvalue weighted by Gasteiger charge is 2.22. The predicted molar refractivity (Wildman–Crippen MR) is 80.9 cm³/mol. The van der Waals surface area contributed by atoms with Gasteiger partial charge in [-0.25, -0.2) is 0 Å². The Hall–Kier alpha value is -2.36. The minimum Gasteiger partial charge on any atom is -0.299 e. The number of carbonyl (C=O) groups is 1. The lowest BCUT2D eigenvalue weighted by atomic mass is 10.3. The molecule has 0 radical (unpaired) electrons. The molecule has 0 unspecified atom stereocenters. The number of hydrogen-bond donors (Lipinski definition) is 1. The van der Waals surface area contributed by atoms with Gasteiger partial charge >= 0.3 is 5.69 Å². The van der Waals surface area contributed by atoms with Crippen molar-refractivity contribution in [3.8, 4) is 0 Å². The maximum atomic E-state index is 12.0. The summed E-state index contributed by atoms with van der Waals surface area (Å²) >= 11 is 1.32. The Morgan fingerprint density at radius 1 is 1.41 bits per heavy atom. The molecule has 0 spiro atoms. The summed E-state index contributed by atoms with van der Waals surface area (Å²) in [7, 11) is 0. The molecule has 2 rings (SSSR count). The molecule has 118 valence electrons. The van der Waals surface area contributed by atoms with Crippen LogP contribution in [0.5, 0.6) is 0 Å². The molecule has 10 heteroatoms. The fourth-order valence-electron chi connectivity index (χ4n) is 2.02. The van der Waals surface area contributed by atoms with Crippen LogP contribution in [-0.2, 0) is 17.8 Å². The van der Waals surface area contributed by atoms with Crippen molar-refractivity contribution in [1.82, 2.24) is 20.0 Å². The number of nitro groups is 1. The summed E-state index contributed by atoms with van der Waals surface area (Å²) in [4.78, 5) is 22.4. The Balaban J connectivity index is 2.05. The molecule has 0 bridgehead atoms. The summed E-state index contributed by atoms with van der Waals surface area (Å²) in [5, 5.41) is 26.7. The van der Waals surface area contributed by atoms with Crippen LogP contribution in [0.1, 0.15) is 29.7 Å². The van der Waals surface area contributed by atoms with Gasteiger partial charge in [-0.05, 0) is 20.3 Å². The van der Waals surface area contributed by atoms with E-state index in [1.54, 1.807) is 13.8 Å². The van der Waals surface area contributed by atoms with E-state index in [1.165, 1.54) is 16.0 Å². The zero-order valence-electron chi connectivity index (χ0n) is 12.5. The molecule has 0 fully saturated rings. The van der Waals surface area contributed by atoms with Crippen LogP contribution >= 0.6 is 11.3 Å². The summed E-state index contributed by atoms with van der Waals surface area (Å²) in [5.41, 5.74) is 0.576. The molecule has 0 aromatic carbocycles. The molecule has 0 saturated carbocycles. The van der Waals surface area contributed by atoms with Crippen molar-refractivity contribution in [2.24, 2.45) is 0 Å². The number of rotatable bonds is 6. The topological polar surface area (TPSA) is 116 Å². The van der Waals surface area contributed by atoms with Crippen LogP contribution in [0.4, 0.5) is 10.8 Å². The number of anilines is 1. The molecule has 2 heterocycles. The van der Waals surface area contributed by atoms with Gasteiger partial charge in [0.25, 0.3) is 0 Å². The Bertz CT molecular complexity index is 708. The first-order chi connectivity index (χ1) is 10.4. The van der Waals surface area contributed by atoms with Crippen LogP contribution in [0.2, 0.25) is 0 Å². The summed E-state index contributed by atoms with van der Waals surface area (Å²) in [6.07, 6.45) is 1.77. The monoisotopic (exact) mass is 324 g/mol. The standard InChI is InChI=1S/C12H16N6O3S/c1-4-5-10-14-15-12(22-10)13-9(19)6-17-8(3)11(18(20)21)7(2)16-17/h4-6H2,1-3H3,(H,13,15,19). The van der Waals surface area contributed by atoms with Gasteiger partial charge in [-0.1, -0.05) is 18.3 Å². The quantitative estimate of drug-likeness (QED) is 0.640. The first-order valence-corrected chi connectivity index (χ1v) is 7.54. The minimum atomic E-state index is -0.492. The van der Waals surface area contributed by atoms with Crippen molar-refractivity contribution < 1.29 is 9.72 Å². The van der Waals surface area contributed by atoms with Crippen LogP contribution in [0.15, 0.2) is 0 Å². The summed E-state index contributed by atoms with van der Waals surface area (Å²) < 4.78 is 1.32. The zero-order valence-corrected chi connectivity index (χ0v) is 13.3. The van der Waals surface area contributed by atoms with Gasteiger partial charge in [0.1, 0.15) is 22.9 Å². The van der Waals surface area contributed by atoms with Crippen LogP contribution in [0.3, 0.4) is 0 Å². The summed E-state index contributed by atoms with van der Waals surface area (Å²) in [5.74, 6) is -0.348. The van der Waals surface area contributed by atoms with Crippen molar-refractivity contribution >= 4 is 28.1 Å². The molecule has 0 atom stereocenters. The van der Waals surface area contributed by atoms with Gasteiger partial charge in [-0.3, -0.25) is 24.9 Å². The van der Waals surface area contributed by atoms with E-state index in [4.69, 9.17) is 0 Å². The highest BCUT2D eigenvalue weighted by atomic mass is 32.1. The lowest BCUT2D eigenvalue weighted by Gasteiger charge is -2.03. The molecular weight excluding hydrogens is 308 g/mol. The van der Waals surface area contributed by atoms with Crippen molar-refractivity contribution in [1.29, 1.82) is 0 Å². The molecule has 0 aliphatic heterocycles. The maximum Gasteiger partial charge on any atom is 0.312 e. The molecule has 0 saturated heterocycles. The molecular formula is C12H16N6O3S. The number of aryl methyl sites for hydroxylation is 2. The van der Waals surface area contributed by atoms with E-state index in [9.17, 15) is 14.9 Å². The molecule has 2 aromatic rings. The van der Waals surface area contributed by atoms with Crippen molar-refractivity contribution in [3.05, 3.63) is 26.5 Å². The molecule has 0 aliphatic rings. The predicted octanol–water partition coefficient (Wildman–Crippen LogP) is 1.85. The van der Waals surface area contributed by atoms with Crippen molar-refractivity contribution in [2.75, 3.05) is 5.32 Å². The number of nitrogens with one attached hydrogen (secondary N) is 1. The molecule has 1 amide bonds. The third-order valence-electron chi connectivity index (χ3n) is 3.00. The van der Waals surface area contributed by atoms with Crippen molar-refractivity contribution in [2.45, 2.75) is 40.2 Å². The second kappa shape index (κ2) is 6.60. The van der Waals surface area contributed by atoms with E-state index in [2.05, 4.69) is 20.6 Å². The second-order valence-electron chi connectivity index (χ2n) is 4.73. The van der Waals surface area contributed by atoms with Gasteiger partial charge in [-0.2, -0.15) is 5.10 Å². The average Bonchev–Trinajstić information content (AvgIpc) is 2.95. The molecule has 0 aliphatic carbocycles. The maximum absolute atomic E-state index is 12.0. The van der Waals surface area contributed by atoms with Gasteiger partial charge in [0.2, 0.25) is 11.0 Å². The highest BCUT2D eigenvalue weighted by Crippen LogP contribution is 2.22. The number of aromatic nitrogens is 4. The third-order valence-corrected chi connectivity index (χ3v) is 3.89. The van der Waals surface area contributed by atoms with E-state index in [0.717, 1.165) is 17.8 Å². The zero-order chi connectivity index (χ0) is 16.3. The third kappa shape index (κ3) is 3.45. The molecule has 2 aromatic heterocycles. The number of carbonyl (C=O) groups excluding carboxylic acids is 1. The SMILES string of the molecule is CCCc1nnc(NC(=O)Cn2nc(C)c([N+](=O)[O-])c2C)s1. The highest BCUT2D eigenvalue weighted by molar-refractivity contribution is 7.15. The van der Waals surface area contributed by atoms with Gasteiger partial charge < -0.3 is 0 Å². The lowest BCUT2D eigenvalue weighted by molar-refractivity contribution is -0.386. The average molecular weight is 324 g/mol. The van der Waals surface area contributed by atoms with E-state index in [1.807, 2.05) is 6.92 Å². The summed E-state index contributed by atoms with van der Waals surface area (Å²) in [6, 6.07) is 0.